The van der Waals surface area contributed by atoms with Crippen LogP contribution in [0.1, 0.15) is 34.8 Å². The van der Waals surface area contributed by atoms with E-state index in [0.29, 0.717) is 5.92 Å². The van der Waals surface area contributed by atoms with Gasteiger partial charge in [-0.2, -0.15) is 0 Å². The molecule has 68 valence electrons. The van der Waals surface area contributed by atoms with Crippen LogP contribution in [0.5, 0.6) is 0 Å². The van der Waals surface area contributed by atoms with Crippen molar-refractivity contribution in [3.8, 4) is 0 Å². The minimum absolute atomic E-state index is 0.0515. The Bertz CT molecular complexity index is 359. The highest BCUT2D eigenvalue weighted by Gasteiger charge is 2.24. The molecule has 1 aromatic heterocycles. The lowest BCUT2D eigenvalue weighted by Gasteiger charge is -2.02. The Morgan fingerprint density at radius 1 is 1.62 bits per heavy atom. The van der Waals surface area contributed by atoms with Crippen LogP contribution >= 0.6 is 0 Å². The highest BCUT2D eigenvalue weighted by molar-refractivity contribution is 5.91. The van der Waals surface area contributed by atoms with E-state index in [0.717, 1.165) is 18.4 Å². The first-order valence-electron chi connectivity index (χ1n) is 4.17. The maximum Gasteiger partial charge on any atom is 0.356 e. The van der Waals surface area contributed by atoms with Gasteiger partial charge in [0.15, 0.2) is 5.69 Å². The van der Waals surface area contributed by atoms with Crippen LogP contribution in [0.4, 0.5) is 5.69 Å². The molecule has 0 spiro atoms. The van der Waals surface area contributed by atoms with Gasteiger partial charge in [0.25, 0.3) is 0 Å². The molecule has 1 aliphatic carbocycles. The van der Waals surface area contributed by atoms with Gasteiger partial charge in [0.05, 0.1) is 5.69 Å². The molecule has 0 atom stereocenters. The fourth-order valence-corrected chi connectivity index (χ4v) is 1.32. The lowest BCUT2D eigenvalue weighted by Crippen LogP contribution is -2.05. The van der Waals surface area contributed by atoms with E-state index in [1.807, 2.05) is 0 Å². The summed E-state index contributed by atoms with van der Waals surface area (Å²) in [6.45, 7) is 0. The summed E-state index contributed by atoms with van der Waals surface area (Å²) >= 11 is 0. The number of pyridine rings is 1. The molecule has 1 heterocycles. The average Bonchev–Trinajstić information content (AvgIpc) is 2.85. The Hall–Kier alpha value is -1.58. The molecule has 1 aliphatic rings. The van der Waals surface area contributed by atoms with E-state index in [9.17, 15) is 4.79 Å². The summed E-state index contributed by atoms with van der Waals surface area (Å²) in [6, 6.07) is 1.72. The number of anilines is 1. The SMILES string of the molecule is Nc1cc(C2CC2)cnc1C(=O)O. The molecule has 1 fully saturated rings. The summed E-state index contributed by atoms with van der Waals surface area (Å²) in [5, 5.41) is 8.67. The number of nitrogens with zero attached hydrogens (tertiary/aromatic N) is 1. The molecule has 0 amide bonds. The first kappa shape index (κ1) is 8.04. The van der Waals surface area contributed by atoms with E-state index in [4.69, 9.17) is 10.8 Å². The summed E-state index contributed by atoms with van der Waals surface area (Å²) in [7, 11) is 0. The molecule has 1 saturated carbocycles. The zero-order valence-corrected chi connectivity index (χ0v) is 7.03. The number of hydrogen-bond acceptors (Lipinski definition) is 3. The van der Waals surface area contributed by atoms with Gasteiger partial charge < -0.3 is 10.8 Å². The topological polar surface area (TPSA) is 76.2 Å². The van der Waals surface area contributed by atoms with Crippen molar-refractivity contribution in [1.82, 2.24) is 4.98 Å². The monoisotopic (exact) mass is 178 g/mol. The number of hydrogen-bond donors (Lipinski definition) is 2. The molecular formula is C9H10N2O2. The van der Waals surface area contributed by atoms with Crippen molar-refractivity contribution in [1.29, 1.82) is 0 Å². The Kier molecular flexibility index (Phi) is 1.69. The van der Waals surface area contributed by atoms with Crippen LogP contribution in [0.25, 0.3) is 0 Å². The molecule has 3 N–H and O–H groups in total. The van der Waals surface area contributed by atoms with E-state index in [-0.39, 0.29) is 11.4 Å². The third-order valence-electron chi connectivity index (χ3n) is 2.19. The normalized spacial score (nSPS) is 15.7. The van der Waals surface area contributed by atoms with Crippen LogP contribution in [0.2, 0.25) is 0 Å². The van der Waals surface area contributed by atoms with Crippen molar-refractivity contribution >= 4 is 11.7 Å². The van der Waals surface area contributed by atoms with E-state index < -0.39 is 5.97 Å². The number of carbonyl (C=O) groups is 1. The molecule has 0 bridgehead atoms. The van der Waals surface area contributed by atoms with E-state index in [2.05, 4.69) is 4.98 Å². The van der Waals surface area contributed by atoms with E-state index in [1.165, 1.54) is 0 Å². The molecule has 0 unspecified atom stereocenters. The standard InChI is InChI=1S/C9H10N2O2/c10-7-3-6(5-1-2-5)4-11-8(7)9(12)13/h3-5H,1-2,10H2,(H,12,13). The van der Waals surface area contributed by atoms with Gasteiger partial charge in [-0.1, -0.05) is 0 Å². The highest BCUT2D eigenvalue weighted by atomic mass is 16.4. The molecule has 0 radical (unpaired) electrons. The molecule has 0 saturated heterocycles. The summed E-state index contributed by atoms with van der Waals surface area (Å²) in [5.74, 6) is -0.516. The second kappa shape index (κ2) is 2.73. The van der Waals surface area contributed by atoms with Crippen molar-refractivity contribution in [3.05, 3.63) is 23.5 Å². The molecule has 4 heteroatoms. The predicted octanol–water partition coefficient (Wildman–Crippen LogP) is 1.24. The minimum Gasteiger partial charge on any atom is -0.476 e. The Morgan fingerprint density at radius 2 is 2.31 bits per heavy atom. The average molecular weight is 178 g/mol. The van der Waals surface area contributed by atoms with Gasteiger partial charge in [-0.25, -0.2) is 9.78 Å². The third kappa shape index (κ3) is 1.47. The maximum atomic E-state index is 10.6. The lowest BCUT2D eigenvalue weighted by atomic mass is 10.1. The van der Waals surface area contributed by atoms with Crippen LogP contribution in [-0.4, -0.2) is 16.1 Å². The molecule has 13 heavy (non-hydrogen) atoms. The summed E-state index contributed by atoms with van der Waals surface area (Å²) < 4.78 is 0. The molecular weight excluding hydrogens is 168 g/mol. The van der Waals surface area contributed by atoms with Crippen LogP contribution in [0, 0.1) is 0 Å². The van der Waals surface area contributed by atoms with Crippen molar-refractivity contribution in [2.45, 2.75) is 18.8 Å². The summed E-state index contributed by atoms with van der Waals surface area (Å²) in [6.07, 6.45) is 3.93. The second-order valence-corrected chi connectivity index (χ2v) is 3.29. The van der Waals surface area contributed by atoms with Crippen LogP contribution in [0.3, 0.4) is 0 Å². The highest BCUT2D eigenvalue weighted by Crippen LogP contribution is 2.40. The Balaban J connectivity index is 2.36. The molecule has 2 rings (SSSR count). The largest absolute Gasteiger partial charge is 0.476 e. The number of nitrogens with two attached hydrogens (primary N) is 1. The van der Waals surface area contributed by atoms with Gasteiger partial charge in [-0.15, -0.1) is 0 Å². The molecule has 1 aromatic rings. The van der Waals surface area contributed by atoms with Gasteiger partial charge in [0, 0.05) is 6.20 Å². The number of rotatable bonds is 2. The minimum atomic E-state index is -1.07. The van der Waals surface area contributed by atoms with Crippen molar-refractivity contribution in [3.63, 3.8) is 0 Å². The molecule has 0 aliphatic heterocycles. The molecule has 4 nitrogen and oxygen atoms in total. The van der Waals surface area contributed by atoms with Crippen LogP contribution in [0.15, 0.2) is 12.3 Å². The number of aromatic carboxylic acids is 1. The third-order valence-corrected chi connectivity index (χ3v) is 2.19. The zero-order valence-electron chi connectivity index (χ0n) is 7.03. The van der Waals surface area contributed by atoms with Gasteiger partial charge >= 0.3 is 5.97 Å². The maximum absolute atomic E-state index is 10.6. The fraction of sp³-hybridized carbons (Fsp3) is 0.333. The number of carboxylic acids is 1. The summed E-state index contributed by atoms with van der Waals surface area (Å²) in [4.78, 5) is 14.4. The first-order valence-corrected chi connectivity index (χ1v) is 4.17. The second-order valence-electron chi connectivity index (χ2n) is 3.29. The quantitative estimate of drug-likeness (QED) is 0.714. The Morgan fingerprint density at radius 3 is 2.77 bits per heavy atom. The van der Waals surface area contributed by atoms with Gasteiger partial charge in [-0.05, 0) is 30.4 Å². The smallest absolute Gasteiger partial charge is 0.356 e. The van der Waals surface area contributed by atoms with Crippen LogP contribution in [-0.2, 0) is 0 Å². The first-order chi connectivity index (χ1) is 6.18. The van der Waals surface area contributed by atoms with Crippen molar-refractivity contribution in [2.75, 3.05) is 5.73 Å². The van der Waals surface area contributed by atoms with E-state index >= 15 is 0 Å². The Labute approximate surface area is 75.4 Å². The number of aromatic nitrogens is 1. The fourth-order valence-electron chi connectivity index (χ4n) is 1.32. The predicted molar refractivity (Wildman–Crippen MR) is 47.6 cm³/mol. The van der Waals surface area contributed by atoms with Crippen molar-refractivity contribution in [2.24, 2.45) is 0 Å². The van der Waals surface area contributed by atoms with Crippen LogP contribution < -0.4 is 5.73 Å². The molecule has 0 aromatic carbocycles. The lowest BCUT2D eigenvalue weighted by molar-refractivity contribution is 0.0692. The van der Waals surface area contributed by atoms with Gasteiger partial charge in [0.1, 0.15) is 0 Å². The number of carboxylic acid groups (broad SMARTS) is 1. The van der Waals surface area contributed by atoms with Crippen molar-refractivity contribution < 1.29 is 9.90 Å². The van der Waals surface area contributed by atoms with Gasteiger partial charge in [0.2, 0.25) is 0 Å². The number of nitrogen functional groups attached to an aromatic ring is 1. The van der Waals surface area contributed by atoms with Gasteiger partial charge in [-0.3, -0.25) is 0 Å². The summed E-state index contributed by atoms with van der Waals surface area (Å²) in [5.41, 5.74) is 6.81. The zero-order chi connectivity index (χ0) is 9.42. The van der Waals surface area contributed by atoms with E-state index in [1.54, 1.807) is 12.3 Å².